The number of nitrogens with one attached hydrogen (secondary N) is 1. The van der Waals surface area contributed by atoms with Crippen LogP contribution in [0.2, 0.25) is 0 Å². The van der Waals surface area contributed by atoms with Crippen LogP contribution in [0.5, 0.6) is 11.5 Å². The highest BCUT2D eigenvalue weighted by Crippen LogP contribution is 2.30. The molecule has 0 unspecified atom stereocenters. The Bertz CT molecular complexity index is 924. The maximum atomic E-state index is 12.7. The van der Waals surface area contributed by atoms with Gasteiger partial charge in [-0.2, -0.15) is 0 Å². The number of carbonyl (C=O) groups excluding carboxylic acids is 2. The average molecular weight is 426 g/mol. The molecule has 166 valence electrons. The van der Waals surface area contributed by atoms with Gasteiger partial charge in [-0.15, -0.1) is 0 Å². The number of amides is 1. The summed E-state index contributed by atoms with van der Waals surface area (Å²) in [6.07, 6.45) is 2.00. The van der Waals surface area contributed by atoms with Gasteiger partial charge in [0, 0.05) is 0 Å². The number of hydrogen-bond acceptors (Lipinski definition) is 5. The summed E-state index contributed by atoms with van der Waals surface area (Å²) in [7, 11) is 1.52. The van der Waals surface area contributed by atoms with Gasteiger partial charge in [0.15, 0.2) is 17.6 Å². The summed E-state index contributed by atoms with van der Waals surface area (Å²) in [6.45, 7) is 6.23. The van der Waals surface area contributed by atoms with Gasteiger partial charge in [-0.3, -0.25) is 4.79 Å². The van der Waals surface area contributed by atoms with Crippen LogP contribution in [0.1, 0.15) is 61.1 Å². The highest BCUT2D eigenvalue weighted by atomic mass is 16.5. The Kier molecular flexibility index (Phi) is 7.55. The minimum absolute atomic E-state index is 0.0592. The first kappa shape index (κ1) is 22.7. The van der Waals surface area contributed by atoms with Gasteiger partial charge >= 0.3 is 5.97 Å². The zero-order valence-electron chi connectivity index (χ0n) is 18.6. The summed E-state index contributed by atoms with van der Waals surface area (Å²) in [5.74, 6) is 0.490. The maximum Gasteiger partial charge on any atom is 0.339 e. The second-order valence-corrected chi connectivity index (χ2v) is 8.27. The summed E-state index contributed by atoms with van der Waals surface area (Å²) in [6, 6.07) is 12.9. The average Bonchev–Trinajstić information content (AvgIpc) is 2.77. The number of fused-ring (bicyclic) bond motifs is 1. The third kappa shape index (κ3) is 5.78. The van der Waals surface area contributed by atoms with Crippen molar-refractivity contribution in [3.05, 3.63) is 59.2 Å². The molecule has 2 aromatic rings. The lowest BCUT2D eigenvalue weighted by Crippen LogP contribution is -2.39. The van der Waals surface area contributed by atoms with Crippen LogP contribution in [-0.2, 0) is 16.0 Å². The van der Waals surface area contributed by atoms with Gasteiger partial charge in [0.1, 0.15) is 0 Å². The molecule has 31 heavy (non-hydrogen) atoms. The molecule has 1 aliphatic rings. The molecule has 1 amide bonds. The Morgan fingerprint density at radius 1 is 1.10 bits per heavy atom. The Balaban J connectivity index is 1.62. The van der Waals surface area contributed by atoms with E-state index in [0.717, 1.165) is 24.8 Å². The van der Waals surface area contributed by atoms with Crippen LogP contribution < -0.4 is 14.8 Å². The minimum atomic E-state index is -0.913. The first-order chi connectivity index (χ1) is 14.9. The van der Waals surface area contributed by atoms with Gasteiger partial charge in [0.25, 0.3) is 5.91 Å². The van der Waals surface area contributed by atoms with Crippen molar-refractivity contribution >= 4 is 11.9 Å². The predicted octanol–water partition coefficient (Wildman–Crippen LogP) is 4.47. The van der Waals surface area contributed by atoms with E-state index in [1.54, 1.807) is 25.1 Å². The van der Waals surface area contributed by atoms with Crippen molar-refractivity contribution in [1.82, 2.24) is 5.32 Å². The highest BCUT2D eigenvalue weighted by molar-refractivity contribution is 5.93. The second kappa shape index (κ2) is 10.3. The minimum Gasteiger partial charge on any atom is -0.493 e. The van der Waals surface area contributed by atoms with E-state index < -0.39 is 12.1 Å². The summed E-state index contributed by atoms with van der Waals surface area (Å²) >= 11 is 0. The molecular formula is C25H31NO5. The van der Waals surface area contributed by atoms with Gasteiger partial charge < -0.3 is 19.5 Å². The third-order valence-electron chi connectivity index (χ3n) is 5.31. The Hall–Kier alpha value is -3.02. The smallest absolute Gasteiger partial charge is 0.339 e. The summed E-state index contributed by atoms with van der Waals surface area (Å²) in [5.41, 5.74) is 2.70. The quantitative estimate of drug-likeness (QED) is 0.632. The molecule has 0 saturated heterocycles. The van der Waals surface area contributed by atoms with E-state index >= 15 is 0 Å². The molecule has 0 aromatic heterocycles. The number of ether oxygens (including phenoxy) is 3. The summed E-state index contributed by atoms with van der Waals surface area (Å²) in [4.78, 5) is 25.3. The maximum absolute atomic E-state index is 12.7. The van der Waals surface area contributed by atoms with Crippen molar-refractivity contribution < 1.29 is 23.8 Å². The van der Waals surface area contributed by atoms with Crippen molar-refractivity contribution in [3.63, 3.8) is 0 Å². The molecule has 6 nitrogen and oxygen atoms in total. The van der Waals surface area contributed by atoms with E-state index in [0.29, 0.717) is 29.6 Å². The van der Waals surface area contributed by atoms with Gasteiger partial charge in [-0.05, 0) is 61.4 Å². The molecule has 0 heterocycles. The van der Waals surface area contributed by atoms with Crippen LogP contribution in [0, 0.1) is 5.92 Å². The van der Waals surface area contributed by atoms with Crippen LogP contribution in [0.15, 0.2) is 42.5 Å². The van der Waals surface area contributed by atoms with E-state index in [4.69, 9.17) is 14.2 Å². The topological polar surface area (TPSA) is 73.9 Å². The first-order valence-corrected chi connectivity index (χ1v) is 10.8. The lowest BCUT2D eigenvalue weighted by Gasteiger charge is -2.27. The zero-order chi connectivity index (χ0) is 22.4. The molecule has 1 N–H and O–H groups in total. The number of carbonyl (C=O) groups is 2. The number of esters is 1. The first-order valence-electron chi connectivity index (χ1n) is 10.8. The van der Waals surface area contributed by atoms with Crippen molar-refractivity contribution in [2.75, 3.05) is 13.7 Å². The zero-order valence-corrected chi connectivity index (χ0v) is 18.6. The fraction of sp³-hybridized carbons (Fsp3) is 0.440. The summed E-state index contributed by atoms with van der Waals surface area (Å²) in [5, 5.41) is 3.03. The van der Waals surface area contributed by atoms with Crippen LogP contribution in [0.4, 0.5) is 0 Å². The fourth-order valence-corrected chi connectivity index (χ4v) is 3.65. The fourth-order valence-electron chi connectivity index (χ4n) is 3.65. The number of methoxy groups -OCH3 is 1. The molecule has 0 aliphatic heterocycles. The monoisotopic (exact) mass is 425 g/mol. The Morgan fingerprint density at radius 2 is 1.87 bits per heavy atom. The molecule has 0 fully saturated rings. The molecule has 0 radical (unpaired) electrons. The molecule has 6 heteroatoms. The van der Waals surface area contributed by atoms with Gasteiger partial charge in [0.05, 0.1) is 25.3 Å². The van der Waals surface area contributed by atoms with E-state index in [2.05, 4.69) is 25.2 Å². The summed E-state index contributed by atoms with van der Waals surface area (Å²) < 4.78 is 16.5. The van der Waals surface area contributed by atoms with E-state index in [1.807, 2.05) is 18.2 Å². The lowest BCUT2D eigenvalue weighted by atomic mass is 9.87. The largest absolute Gasteiger partial charge is 0.493 e. The van der Waals surface area contributed by atoms with Crippen molar-refractivity contribution in [1.29, 1.82) is 0 Å². The van der Waals surface area contributed by atoms with Crippen molar-refractivity contribution in [3.8, 4) is 11.5 Å². The molecule has 0 bridgehead atoms. The van der Waals surface area contributed by atoms with Gasteiger partial charge in [-0.25, -0.2) is 4.79 Å². The van der Waals surface area contributed by atoms with Crippen molar-refractivity contribution in [2.45, 2.75) is 52.2 Å². The van der Waals surface area contributed by atoms with E-state index in [-0.39, 0.29) is 11.9 Å². The van der Waals surface area contributed by atoms with Crippen LogP contribution in [0.25, 0.3) is 0 Å². The molecule has 2 atom stereocenters. The van der Waals surface area contributed by atoms with Gasteiger partial charge in [0.2, 0.25) is 0 Å². The highest BCUT2D eigenvalue weighted by Gasteiger charge is 2.26. The van der Waals surface area contributed by atoms with Gasteiger partial charge in [-0.1, -0.05) is 38.1 Å². The van der Waals surface area contributed by atoms with E-state index in [1.165, 1.54) is 12.7 Å². The normalized spacial score (nSPS) is 16.2. The number of benzene rings is 2. The van der Waals surface area contributed by atoms with Crippen LogP contribution in [-0.4, -0.2) is 31.7 Å². The molecular weight excluding hydrogens is 394 g/mol. The number of hydrogen-bond donors (Lipinski definition) is 1. The third-order valence-corrected chi connectivity index (χ3v) is 5.31. The molecule has 2 aromatic carbocycles. The van der Waals surface area contributed by atoms with Crippen molar-refractivity contribution in [2.24, 2.45) is 5.92 Å². The molecule has 3 rings (SSSR count). The van der Waals surface area contributed by atoms with E-state index in [9.17, 15) is 9.59 Å². The lowest BCUT2D eigenvalue weighted by molar-refractivity contribution is -0.130. The Labute approximate surface area is 183 Å². The molecule has 1 aliphatic carbocycles. The molecule has 0 spiro atoms. The number of rotatable bonds is 8. The SMILES string of the molecule is COc1cc(C(=O)O[C@H](C)C(=O)N[C@H]2CCCc3ccccc32)ccc1OCC(C)C. The Morgan fingerprint density at radius 3 is 2.61 bits per heavy atom. The number of aryl methyl sites for hydroxylation is 1. The second-order valence-electron chi connectivity index (χ2n) is 8.27. The predicted molar refractivity (Wildman–Crippen MR) is 118 cm³/mol. The van der Waals surface area contributed by atoms with Crippen LogP contribution in [0.3, 0.4) is 0 Å². The standard InChI is InChI=1S/C25H31NO5/c1-16(2)15-30-22-13-12-19(14-23(22)29-4)25(28)31-17(3)24(27)26-21-11-7-9-18-8-5-6-10-20(18)21/h5-6,8,10,12-14,16-17,21H,7,9,11,15H2,1-4H3,(H,26,27)/t17-,21+/m1/s1. The molecule has 0 saturated carbocycles. The van der Waals surface area contributed by atoms with Crippen LogP contribution >= 0.6 is 0 Å².